The largest absolute Gasteiger partial charge is 0.493 e. The van der Waals surface area contributed by atoms with Crippen LogP contribution in [0, 0.1) is 17.8 Å². The molecule has 5 nitrogen and oxygen atoms in total. The molecule has 0 saturated heterocycles. The molecule has 0 aliphatic heterocycles. The zero-order valence-electron chi connectivity index (χ0n) is 19.8. The normalized spacial score (nSPS) is 20.2. The number of aromatic amines is 1. The molecule has 37 heavy (non-hydrogen) atoms. The number of pyridine rings is 1. The molecule has 198 valence electrons. The van der Waals surface area contributed by atoms with Gasteiger partial charge in [-0.2, -0.15) is 8.78 Å². The Bertz CT molecular complexity index is 1150. The summed E-state index contributed by atoms with van der Waals surface area (Å²) in [6, 6.07) is 6.79. The van der Waals surface area contributed by atoms with E-state index in [1.165, 1.54) is 6.08 Å². The number of carbonyl (C=O) groups excluding carboxylic acids is 1. The van der Waals surface area contributed by atoms with Gasteiger partial charge in [-0.25, -0.2) is 9.78 Å². The highest BCUT2D eigenvalue weighted by molar-refractivity contribution is 8.13. The highest BCUT2D eigenvalue weighted by Gasteiger charge is 2.37. The van der Waals surface area contributed by atoms with E-state index in [0.717, 1.165) is 24.6 Å². The van der Waals surface area contributed by atoms with Crippen LogP contribution in [0.4, 0.5) is 13.6 Å². The van der Waals surface area contributed by atoms with Crippen molar-refractivity contribution in [1.29, 1.82) is 0 Å². The van der Waals surface area contributed by atoms with Crippen LogP contribution in [-0.2, 0) is 20.6 Å². The number of ether oxygens (including phenoxy) is 3. The number of H-pyrrole nitrogens is 1. The van der Waals surface area contributed by atoms with Gasteiger partial charge in [0.25, 0.3) is 0 Å². The van der Waals surface area contributed by atoms with Crippen molar-refractivity contribution in [2.75, 3.05) is 6.61 Å². The number of alkyl halides is 2. The zero-order chi connectivity index (χ0) is 26.5. The van der Waals surface area contributed by atoms with E-state index >= 15 is 0 Å². The van der Waals surface area contributed by atoms with Crippen LogP contribution in [-0.4, -0.2) is 24.6 Å². The van der Waals surface area contributed by atoms with Gasteiger partial charge in [-0.1, -0.05) is 47.8 Å². The van der Waals surface area contributed by atoms with Crippen molar-refractivity contribution >= 4 is 51.9 Å². The van der Waals surface area contributed by atoms with Crippen LogP contribution < -0.4 is 4.98 Å². The van der Waals surface area contributed by atoms with Crippen LogP contribution in [0.3, 0.4) is 0 Å². The molecule has 2 unspecified atom stereocenters. The van der Waals surface area contributed by atoms with Crippen LogP contribution in [0.25, 0.3) is 0 Å². The van der Waals surface area contributed by atoms with E-state index in [1.54, 1.807) is 42.7 Å². The fourth-order valence-corrected chi connectivity index (χ4v) is 5.35. The summed E-state index contributed by atoms with van der Waals surface area (Å²) in [5.41, 5.74) is 0.594. The highest BCUT2D eigenvalue weighted by Crippen LogP contribution is 2.39. The van der Waals surface area contributed by atoms with Gasteiger partial charge in [-0.15, -0.1) is 0 Å². The number of rotatable bonds is 10. The predicted molar refractivity (Wildman–Crippen MR) is 139 cm³/mol. The molecule has 0 bridgehead atoms. The number of halogens is 5. The van der Waals surface area contributed by atoms with Gasteiger partial charge in [0.05, 0.1) is 6.61 Å². The Morgan fingerprint density at radius 1 is 1.14 bits per heavy atom. The minimum Gasteiger partial charge on any atom is -0.493 e. The van der Waals surface area contributed by atoms with Gasteiger partial charge in [0.1, 0.15) is 21.9 Å². The Balaban J connectivity index is 1.59. The first-order valence-electron chi connectivity index (χ1n) is 11.7. The topological polar surface area (TPSA) is 58.9 Å². The van der Waals surface area contributed by atoms with Crippen LogP contribution in [0.15, 0.2) is 65.2 Å². The van der Waals surface area contributed by atoms with E-state index in [0.29, 0.717) is 43.8 Å². The SMILES string of the molecule is CC1C(OCC2CC2)=C(OC(F)F)C=CC1[C@H](Cc1c(Cl)c[nH+]cc1Cl)OC(=O)Sc1ccc(Cl)cc1. The Hall–Kier alpha value is -2.00. The molecule has 0 radical (unpaired) electrons. The third-order valence-corrected chi connectivity index (χ3v) is 7.88. The van der Waals surface area contributed by atoms with Gasteiger partial charge >= 0.3 is 11.9 Å². The molecule has 11 heteroatoms. The molecule has 2 aromatic rings. The standard InChI is InChI=1S/C26H24Cl3F2NO4S/c1-14-18(8-9-22(35-25(30)31)24(14)34-13-15-2-3-15)23(10-19-20(28)11-32-12-21(19)29)36-26(33)37-17-6-4-16(27)5-7-17/h4-9,11-12,14-15,18,23,25H,2-3,10,13H2,1H3/p+1/t14?,18?,23-/m0/s1. The maximum atomic E-state index is 13.1. The monoisotopic (exact) mass is 590 g/mol. The fourth-order valence-electron chi connectivity index (χ4n) is 4.06. The molecular weight excluding hydrogens is 567 g/mol. The van der Waals surface area contributed by atoms with Gasteiger partial charge in [-0.05, 0) is 60.9 Å². The molecule has 1 saturated carbocycles. The zero-order valence-corrected chi connectivity index (χ0v) is 22.8. The Morgan fingerprint density at radius 2 is 1.81 bits per heavy atom. The first kappa shape index (κ1) is 28.0. The first-order valence-corrected chi connectivity index (χ1v) is 13.6. The number of hydrogen-bond donors (Lipinski definition) is 0. The Morgan fingerprint density at radius 3 is 2.43 bits per heavy atom. The summed E-state index contributed by atoms with van der Waals surface area (Å²) in [5, 5.41) is 0.776. The van der Waals surface area contributed by atoms with Crippen molar-refractivity contribution in [1.82, 2.24) is 0 Å². The van der Waals surface area contributed by atoms with Crippen LogP contribution in [0.1, 0.15) is 25.3 Å². The fraction of sp³-hybridized carbons (Fsp3) is 0.385. The number of nitrogens with one attached hydrogen (secondary N) is 1. The molecule has 1 aromatic heterocycles. The molecule has 2 aliphatic carbocycles. The predicted octanol–water partition coefficient (Wildman–Crippen LogP) is 8.00. The van der Waals surface area contributed by atoms with Crippen molar-refractivity contribution in [3.8, 4) is 0 Å². The minimum absolute atomic E-state index is 0.0228. The molecule has 1 fully saturated rings. The second-order valence-electron chi connectivity index (χ2n) is 8.88. The van der Waals surface area contributed by atoms with Crippen LogP contribution >= 0.6 is 46.6 Å². The Kier molecular flexibility index (Phi) is 9.62. The maximum absolute atomic E-state index is 13.1. The molecule has 1 N–H and O–H groups in total. The molecule has 0 amide bonds. The van der Waals surface area contributed by atoms with Crippen molar-refractivity contribution in [3.05, 3.63) is 81.0 Å². The molecule has 4 rings (SSSR count). The van der Waals surface area contributed by atoms with E-state index < -0.39 is 29.9 Å². The maximum Gasteiger partial charge on any atom is 0.387 e. The van der Waals surface area contributed by atoms with E-state index in [2.05, 4.69) is 4.98 Å². The van der Waals surface area contributed by atoms with Gasteiger partial charge in [0.15, 0.2) is 18.2 Å². The van der Waals surface area contributed by atoms with Crippen LogP contribution in [0.5, 0.6) is 0 Å². The van der Waals surface area contributed by atoms with E-state index in [-0.39, 0.29) is 12.2 Å². The summed E-state index contributed by atoms with van der Waals surface area (Å²) in [6.07, 6.45) is 7.86. The van der Waals surface area contributed by atoms with E-state index in [9.17, 15) is 13.6 Å². The summed E-state index contributed by atoms with van der Waals surface area (Å²) < 4.78 is 42.9. The number of thioether (sulfide) groups is 1. The number of aromatic nitrogens is 1. The molecular formula is C26H25Cl3F2NO4S+. The quantitative estimate of drug-likeness (QED) is 0.207. The second kappa shape index (κ2) is 12.7. The average molecular weight is 592 g/mol. The van der Waals surface area contributed by atoms with Crippen molar-refractivity contribution in [2.24, 2.45) is 17.8 Å². The molecule has 1 heterocycles. The van der Waals surface area contributed by atoms with Crippen molar-refractivity contribution < 1.29 is 32.8 Å². The number of benzene rings is 1. The molecule has 0 spiro atoms. The van der Waals surface area contributed by atoms with Gasteiger partial charge in [-0.3, -0.25) is 0 Å². The minimum atomic E-state index is -2.99. The Labute approximate surface area is 233 Å². The van der Waals surface area contributed by atoms with Gasteiger partial charge < -0.3 is 14.2 Å². The lowest BCUT2D eigenvalue weighted by molar-refractivity contribution is -0.377. The summed E-state index contributed by atoms with van der Waals surface area (Å²) in [5.74, 6) is -0.163. The highest BCUT2D eigenvalue weighted by atomic mass is 35.5. The van der Waals surface area contributed by atoms with Crippen LogP contribution in [0.2, 0.25) is 15.1 Å². The number of hydrogen-bond acceptors (Lipinski definition) is 5. The smallest absolute Gasteiger partial charge is 0.387 e. The number of allylic oxidation sites excluding steroid dienone is 2. The lowest BCUT2D eigenvalue weighted by atomic mass is 9.81. The molecule has 3 atom stereocenters. The lowest BCUT2D eigenvalue weighted by Crippen LogP contribution is -2.35. The molecule has 1 aromatic carbocycles. The van der Waals surface area contributed by atoms with E-state index in [1.807, 2.05) is 6.92 Å². The first-order chi connectivity index (χ1) is 17.7. The average Bonchev–Trinajstić information content (AvgIpc) is 3.66. The molecule has 2 aliphatic rings. The summed E-state index contributed by atoms with van der Waals surface area (Å²) in [6.45, 7) is -0.745. The lowest BCUT2D eigenvalue weighted by Gasteiger charge is -2.34. The summed E-state index contributed by atoms with van der Waals surface area (Å²) in [4.78, 5) is 16.5. The second-order valence-corrected chi connectivity index (χ2v) is 11.1. The van der Waals surface area contributed by atoms with Crippen molar-refractivity contribution in [2.45, 2.75) is 43.8 Å². The van der Waals surface area contributed by atoms with Gasteiger partial charge in [0.2, 0.25) is 0 Å². The van der Waals surface area contributed by atoms with Gasteiger partial charge in [0, 0.05) is 33.7 Å². The summed E-state index contributed by atoms with van der Waals surface area (Å²) in [7, 11) is 0. The third kappa shape index (κ3) is 7.76. The van der Waals surface area contributed by atoms with E-state index in [4.69, 9.17) is 49.0 Å². The number of carbonyl (C=O) groups is 1. The van der Waals surface area contributed by atoms with Crippen molar-refractivity contribution in [3.63, 3.8) is 0 Å². The third-order valence-electron chi connectivity index (χ3n) is 6.18. The summed E-state index contributed by atoms with van der Waals surface area (Å²) >= 11 is 19.7.